The third-order valence-electron chi connectivity index (χ3n) is 4.54. The van der Waals surface area contributed by atoms with Crippen molar-refractivity contribution in [1.29, 1.82) is 0 Å². The van der Waals surface area contributed by atoms with Crippen LogP contribution in [0.15, 0.2) is 47.0 Å². The molecule has 1 heterocycles. The Bertz CT molecular complexity index is 1030. The number of nitrogens with one attached hydrogen (secondary N) is 2. The summed E-state index contributed by atoms with van der Waals surface area (Å²) in [4.78, 5) is 28.6. The summed E-state index contributed by atoms with van der Waals surface area (Å²) >= 11 is 0. The first-order valence-electron chi connectivity index (χ1n) is 9.69. The minimum absolute atomic E-state index is 0.175. The highest BCUT2D eigenvalue weighted by atomic mass is 16.5. The molecular weight excluding hydrogens is 384 g/mol. The van der Waals surface area contributed by atoms with Crippen molar-refractivity contribution in [2.75, 3.05) is 19.0 Å². The van der Waals surface area contributed by atoms with Crippen molar-refractivity contribution in [3.63, 3.8) is 0 Å². The largest absolute Gasteiger partial charge is 0.494 e. The summed E-state index contributed by atoms with van der Waals surface area (Å²) in [6.07, 6.45) is 0.485. The molecule has 0 aliphatic rings. The fraction of sp³-hybridized carbons (Fsp3) is 0.273. The minimum Gasteiger partial charge on any atom is -0.494 e. The van der Waals surface area contributed by atoms with Gasteiger partial charge in [0, 0.05) is 36.7 Å². The molecule has 1 aromatic heterocycles. The molecule has 3 rings (SSSR count). The van der Waals surface area contributed by atoms with Crippen molar-refractivity contribution in [1.82, 2.24) is 15.5 Å². The average Bonchev–Trinajstić information content (AvgIpc) is 3.23. The van der Waals surface area contributed by atoms with E-state index in [9.17, 15) is 9.59 Å². The van der Waals surface area contributed by atoms with Crippen molar-refractivity contribution < 1.29 is 18.8 Å². The highest BCUT2D eigenvalue weighted by Gasteiger charge is 2.14. The zero-order valence-corrected chi connectivity index (χ0v) is 17.2. The van der Waals surface area contributed by atoms with E-state index in [4.69, 9.17) is 9.26 Å². The Morgan fingerprint density at radius 2 is 1.90 bits per heavy atom. The second-order valence-electron chi connectivity index (χ2n) is 6.57. The number of nitrogens with zero attached hydrogens (tertiary/aromatic N) is 2. The number of carbonyl (C=O) groups is 2. The molecule has 0 aliphatic heterocycles. The Labute approximate surface area is 174 Å². The van der Waals surface area contributed by atoms with Gasteiger partial charge < -0.3 is 19.9 Å². The molecule has 8 nitrogen and oxygen atoms in total. The number of amides is 2. The fourth-order valence-corrected chi connectivity index (χ4v) is 2.93. The highest BCUT2D eigenvalue weighted by molar-refractivity contribution is 5.99. The first-order chi connectivity index (χ1) is 14.5. The van der Waals surface area contributed by atoms with Crippen molar-refractivity contribution in [2.45, 2.75) is 26.7 Å². The quantitative estimate of drug-likeness (QED) is 0.592. The lowest BCUT2D eigenvalue weighted by atomic mass is 10.1. The topological polar surface area (TPSA) is 106 Å². The molecule has 2 N–H and O–H groups in total. The summed E-state index contributed by atoms with van der Waals surface area (Å²) in [6.45, 7) is 4.32. The summed E-state index contributed by atoms with van der Waals surface area (Å²) in [6, 6.07) is 12.6. The zero-order valence-electron chi connectivity index (χ0n) is 17.2. The minimum atomic E-state index is -0.201. The van der Waals surface area contributed by atoms with Gasteiger partial charge in [0.1, 0.15) is 5.75 Å². The predicted octanol–water partition coefficient (Wildman–Crippen LogP) is 3.37. The lowest BCUT2D eigenvalue weighted by Gasteiger charge is -2.11. The summed E-state index contributed by atoms with van der Waals surface area (Å²) in [5.74, 6) is 1.22. The SMILES string of the molecule is CCOc1ccc(-c2noc(CCC(=O)Nc3cccc(C(=O)NC)c3C)n2)cc1. The van der Waals surface area contributed by atoms with Crippen molar-refractivity contribution in [3.8, 4) is 17.1 Å². The van der Waals surface area contributed by atoms with Crippen molar-refractivity contribution >= 4 is 17.5 Å². The molecule has 0 radical (unpaired) electrons. The van der Waals surface area contributed by atoms with E-state index in [-0.39, 0.29) is 18.2 Å². The number of carbonyl (C=O) groups excluding carboxylic acids is 2. The molecule has 156 valence electrons. The van der Waals surface area contributed by atoms with Gasteiger partial charge in [0.25, 0.3) is 5.91 Å². The molecule has 2 amide bonds. The molecule has 0 fully saturated rings. The maximum absolute atomic E-state index is 12.3. The van der Waals surface area contributed by atoms with E-state index < -0.39 is 0 Å². The van der Waals surface area contributed by atoms with Crippen LogP contribution in [-0.2, 0) is 11.2 Å². The van der Waals surface area contributed by atoms with Gasteiger partial charge in [0.15, 0.2) is 0 Å². The number of ether oxygens (including phenoxy) is 1. The maximum atomic E-state index is 12.3. The third kappa shape index (κ3) is 5.02. The predicted molar refractivity (Wildman–Crippen MR) is 112 cm³/mol. The number of aryl methyl sites for hydroxylation is 1. The van der Waals surface area contributed by atoms with Gasteiger partial charge in [-0.1, -0.05) is 11.2 Å². The molecule has 0 saturated heterocycles. The molecule has 0 unspecified atom stereocenters. The van der Waals surface area contributed by atoms with Crippen LogP contribution in [-0.4, -0.2) is 35.6 Å². The van der Waals surface area contributed by atoms with Crippen LogP contribution in [0.5, 0.6) is 5.75 Å². The lowest BCUT2D eigenvalue weighted by Crippen LogP contribution is -2.20. The number of aromatic nitrogens is 2. The Balaban J connectivity index is 1.59. The number of rotatable bonds is 8. The molecule has 30 heavy (non-hydrogen) atoms. The standard InChI is InChI=1S/C22H24N4O4/c1-4-29-16-10-8-15(9-11-16)21-25-20(30-26-21)13-12-19(27)24-18-7-5-6-17(14(18)2)22(28)23-3/h5-11H,4,12-13H2,1-3H3,(H,23,28)(H,24,27). The molecule has 0 spiro atoms. The average molecular weight is 408 g/mol. The van der Waals surface area contributed by atoms with Crippen molar-refractivity contribution in [2.24, 2.45) is 0 Å². The second kappa shape index (κ2) is 9.69. The van der Waals surface area contributed by atoms with E-state index >= 15 is 0 Å². The van der Waals surface area contributed by atoms with Crippen LogP contribution in [0.3, 0.4) is 0 Å². The number of hydrogen-bond donors (Lipinski definition) is 2. The molecule has 0 aliphatic carbocycles. The normalized spacial score (nSPS) is 10.5. The lowest BCUT2D eigenvalue weighted by molar-refractivity contribution is -0.116. The van der Waals surface area contributed by atoms with Gasteiger partial charge in [-0.2, -0.15) is 4.98 Å². The number of benzene rings is 2. The van der Waals surface area contributed by atoms with E-state index in [0.717, 1.165) is 11.3 Å². The van der Waals surface area contributed by atoms with E-state index in [1.807, 2.05) is 31.2 Å². The maximum Gasteiger partial charge on any atom is 0.251 e. The summed E-state index contributed by atoms with van der Waals surface area (Å²) in [5, 5.41) is 9.40. The van der Waals surface area contributed by atoms with Crippen LogP contribution in [0.25, 0.3) is 11.4 Å². The Morgan fingerprint density at radius 3 is 2.60 bits per heavy atom. The van der Waals surface area contributed by atoms with Gasteiger partial charge in [-0.05, 0) is 55.8 Å². The van der Waals surface area contributed by atoms with Crippen molar-refractivity contribution in [3.05, 3.63) is 59.5 Å². The first kappa shape index (κ1) is 21.0. The van der Waals surface area contributed by atoms with Crippen LogP contribution in [0.1, 0.15) is 35.2 Å². The Hall–Kier alpha value is -3.68. The molecule has 0 atom stereocenters. The molecular formula is C22H24N4O4. The van der Waals surface area contributed by atoms with E-state index in [2.05, 4.69) is 20.8 Å². The first-order valence-corrected chi connectivity index (χ1v) is 9.69. The molecule has 8 heteroatoms. The smallest absolute Gasteiger partial charge is 0.251 e. The van der Waals surface area contributed by atoms with Gasteiger partial charge in [-0.3, -0.25) is 9.59 Å². The summed E-state index contributed by atoms with van der Waals surface area (Å²) in [5.41, 5.74) is 2.63. The van der Waals surface area contributed by atoms with Gasteiger partial charge in [0.2, 0.25) is 17.6 Å². The summed E-state index contributed by atoms with van der Waals surface area (Å²) in [7, 11) is 1.57. The summed E-state index contributed by atoms with van der Waals surface area (Å²) < 4.78 is 10.7. The monoisotopic (exact) mass is 408 g/mol. The van der Waals surface area contributed by atoms with Gasteiger partial charge in [-0.15, -0.1) is 0 Å². The van der Waals surface area contributed by atoms with Gasteiger partial charge in [-0.25, -0.2) is 0 Å². The molecule has 3 aromatic rings. The highest BCUT2D eigenvalue weighted by Crippen LogP contribution is 2.21. The van der Waals surface area contributed by atoms with Gasteiger partial charge in [0.05, 0.1) is 6.61 Å². The van der Waals surface area contributed by atoms with Crippen LogP contribution in [0.4, 0.5) is 5.69 Å². The third-order valence-corrected chi connectivity index (χ3v) is 4.54. The van der Waals surface area contributed by atoms with Crippen LogP contribution in [0, 0.1) is 6.92 Å². The number of anilines is 1. The molecule has 2 aromatic carbocycles. The van der Waals surface area contributed by atoms with Crippen LogP contribution in [0.2, 0.25) is 0 Å². The molecule has 0 saturated carbocycles. The molecule has 0 bridgehead atoms. The zero-order chi connectivity index (χ0) is 21.5. The second-order valence-corrected chi connectivity index (χ2v) is 6.57. The number of hydrogen-bond acceptors (Lipinski definition) is 6. The van der Waals surface area contributed by atoms with Gasteiger partial charge >= 0.3 is 0 Å². The van der Waals surface area contributed by atoms with Crippen LogP contribution < -0.4 is 15.4 Å². The Morgan fingerprint density at radius 1 is 1.13 bits per heavy atom. The van der Waals surface area contributed by atoms with E-state index in [1.54, 1.807) is 32.2 Å². The Kier molecular flexibility index (Phi) is 6.79. The van der Waals surface area contributed by atoms with E-state index in [0.29, 0.717) is 41.6 Å². The van der Waals surface area contributed by atoms with E-state index in [1.165, 1.54) is 0 Å². The fourth-order valence-electron chi connectivity index (χ4n) is 2.93. The van der Waals surface area contributed by atoms with Crippen LogP contribution >= 0.6 is 0 Å².